The molecule has 634 valence electrons. The summed E-state index contributed by atoms with van der Waals surface area (Å²) in [6.07, 6.45) is -10.8. The topological polar surface area (TPSA) is 421 Å². The van der Waals surface area contributed by atoms with Crippen molar-refractivity contribution < 1.29 is 131 Å². The number of nitrogens with one attached hydrogen (secondary N) is 3. The number of aromatic hydroxyl groups is 1. The molecule has 1 aromatic carbocycles. The standard InChI is InChI=1S/C81H123N5O27/c1-23-52-80(16,100)69(94)46(10)60(88)40(4)36-78(14,102-21)71(111-75-63(91)50(85(18)19)35-41(5)106-75)47(11)67(48(12)74(97)108-52)109-53-37-79(15,103-22)72(49(13)107-53)112-77(99)83-29-28-82-76(98)110-66-42(6)51(101-20)27-32-105-81(17)70(95)56-54-55(62(90)45(9)68(56)113-81)64(92)57(58(65(54)93)86-30-33-104-34-31-86)84-73(96)39(3)26-24-25-38(2)59(87)43(7)61(89)44(66)8/h24-27,32,38,40-44,46-53,59,61,63,66-67,69,71-72,75,87,89-91,94,100H,23,28-31,33-37H2,1-22H3,(H,82,98)(H,83,99)(H,84,96)/b25-24+,32-27+,39-26-/t38-,40-,41-,42+,43+,44+,46+,47+,48-,49+,50?,51-,52-,53+,59-,61+,63-,66+,67+,69-,71-,72+,75+,78?,79-,80-,81-/m0/s1. The number of rotatable bonds is 15. The molecule has 9 rings (SSSR count). The summed E-state index contributed by atoms with van der Waals surface area (Å²) in [6, 6.07) is -0.399. The first-order chi connectivity index (χ1) is 52.9. The van der Waals surface area contributed by atoms with Gasteiger partial charge in [0.15, 0.2) is 18.7 Å². The van der Waals surface area contributed by atoms with Gasteiger partial charge in [0.2, 0.25) is 11.6 Å². The van der Waals surface area contributed by atoms with E-state index in [1.54, 1.807) is 87.1 Å². The highest BCUT2D eigenvalue weighted by Crippen LogP contribution is 2.50. The van der Waals surface area contributed by atoms with Crippen LogP contribution in [0.2, 0.25) is 0 Å². The molecule has 2 unspecified atom stereocenters. The monoisotopic (exact) mass is 1600 g/mol. The van der Waals surface area contributed by atoms with Crippen LogP contribution in [0.3, 0.4) is 0 Å². The molecule has 32 nitrogen and oxygen atoms in total. The lowest BCUT2D eigenvalue weighted by Crippen LogP contribution is -2.62. The number of morpholine rings is 1. The first-order valence-corrected chi connectivity index (χ1v) is 39.2. The summed E-state index contributed by atoms with van der Waals surface area (Å²) in [4.78, 5) is 119. The van der Waals surface area contributed by atoms with Crippen LogP contribution in [0.25, 0.3) is 0 Å². The molecule has 1 aliphatic carbocycles. The number of carbonyl (C=O) groups is 8. The van der Waals surface area contributed by atoms with Gasteiger partial charge in [-0.15, -0.1) is 0 Å². The van der Waals surface area contributed by atoms with Crippen LogP contribution < -0.4 is 20.7 Å². The molecule has 0 aromatic heterocycles. The molecule has 4 fully saturated rings. The molecular weight excluding hydrogens is 1470 g/mol. The number of cyclic esters (lactones) is 1. The molecule has 1 aromatic rings. The van der Waals surface area contributed by atoms with Crippen LogP contribution in [-0.4, -0.2) is 277 Å². The van der Waals surface area contributed by atoms with E-state index in [1.807, 2.05) is 25.9 Å². The van der Waals surface area contributed by atoms with Gasteiger partial charge in [-0.3, -0.25) is 28.8 Å². The third kappa shape index (κ3) is 19.3. The number of aliphatic hydroxyl groups is 5. The van der Waals surface area contributed by atoms with Crippen LogP contribution in [0.15, 0.2) is 47.5 Å². The van der Waals surface area contributed by atoms with Crippen molar-refractivity contribution in [3.63, 3.8) is 0 Å². The minimum atomic E-state index is -2.22. The third-order valence-electron chi connectivity index (χ3n) is 24.3. The Bertz CT molecular complexity index is 3740. The van der Waals surface area contributed by atoms with Gasteiger partial charge in [0.25, 0.3) is 11.7 Å². The second-order valence-electron chi connectivity index (χ2n) is 32.8. The zero-order chi connectivity index (χ0) is 84.2. The number of likely N-dealkylation sites (N-methyl/N-ethyl adjacent to an activating group) is 1. The molecule has 0 radical (unpaired) electrons. The van der Waals surface area contributed by atoms with E-state index >= 15 is 4.79 Å². The molecule has 5 bridgehead atoms. The van der Waals surface area contributed by atoms with Crippen molar-refractivity contribution in [3.8, 4) is 11.5 Å². The number of benzene rings is 1. The molecule has 3 amide bonds. The number of amides is 3. The minimum Gasteiger partial charge on any atom is -0.507 e. The Morgan fingerprint density at radius 3 is 1.94 bits per heavy atom. The number of ketones is 4. The maximum Gasteiger partial charge on any atom is 0.407 e. The van der Waals surface area contributed by atoms with E-state index in [2.05, 4.69) is 16.0 Å². The summed E-state index contributed by atoms with van der Waals surface area (Å²) >= 11 is 0. The van der Waals surface area contributed by atoms with Crippen molar-refractivity contribution in [2.75, 3.05) is 74.8 Å². The fourth-order valence-corrected chi connectivity index (χ4v) is 17.0. The smallest absolute Gasteiger partial charge is 0.407 e. The summed E-state index contributed by atoms with van der Waals surface area (Å²) in [5.41, 5.74) is -6.82. The third-order valence-corrected chi connectivity index (χ3v) is 24.3. The second-order valence-corrected chi connectivity index (χ2v) is 32.8. The number of hydrogen-bond donors (Lipinski definition) is 9. The van der Waals surface area contributed by atoms with Crippen LogP contribution in [0.4, 0.5) is 9.59 Å². The van der Waals surface area contributed by atoms with Gasteiger partial charge in [0.1, 0.15) is 58.2 Å². The number of hydrogen-bond acceptors (Lipinski definition) is 29. The normalized spacial score (nSPS) is 39.9. The predicted octanol–water partition coefficient (Wildman–Crippen LogP) is 5.64. The van der Waals surface area contributed by atoms with Crippen molar-refractivity contribution in [2.24, 2.45) is 47.3 Å². The van der Waals surface area contributed by atoms with Gasteiger partial charge in [-0.25, -0.2) is 9.59 Å². The van der Waals surface area contributed by atoms with Gasteiger partial charge >= 0.3 is 23.9 Å². The first kappa shape index (κ1) is 91.5. The van der Waals surface area contributed by atoms with E-state index in [9.17, 15) is 64.2 Å². The maximum absolute atomic E-state index is 15.0. The van der Waals surface area contributed by atoms with E-state index in [0.29, 0.717) is 6.42 Å². The van der Waals surface area contributed by atoms with Crippen molar-refractivity contribution in [3.05, 3.63) is 69.8 Å². The highest BCUT2D eigenvalue weighted by Gasteiger charge is 2.57. The molecule has 7 heterocycles. The lowest BCUT2D eigenvalue weighted by atomic mass is 9.74. The molecule has 9 N–H and O–H groups in total. The number of phenolic OH excluding ortho intramolecular Hbond substituents is 1. The van der Waals surface area contributed by atoms with Crippen LogP contribution >= 0.6 is 0 Å². The summed E-state index contributed by atoms with van der Waals surface area (Å²) in [5.74, 6) is -15.2. The average Bonchev–Trinajstić information content (AvgIpc) is 1.63. The Kier molecular flexibility index (Phi) is 30.4. The number of allylic oxidation sites excluding steroid dienone is 4. The van der Waals surface area contributed by atoms with E-state index in [1.165, 1.54) is 74.2 Å². The average molecular weight is 1600 g/mol. The Morgan fingerprint density at radius 2 is 1.34 bits per heavy atom. The Hall–Kier alpha value is -7.02. The first-order valence-electron chi connectivity index (χ1n) is 39.2. The number of phenols is 1. The summed E-state index contributed by atoms with van der Waals surface area (Å²) < 4.78 is 81.5. The fourth-order valence-electron chi connectivity index (χ4n) is 17.0. The number of nitrogens with zero attached hydrogens (tertiary/aromatic N) is 2. The van der Waals surface area contributed by atoms with E-state index in [0.717, 1.165) is 6.26 Å². The molecule has 0 saturated carbocycles. The molecule has 7 aliphatic heterocycles. The van der Waals surface area contributed by atoms with Gasteiger partial charge in [-0.05, 0) is 94.8 Å². The SMILES string of the molecule is CC[C@@H]1OC(=O)[C@@H](C)[C@H](O[C@@H]2C[C@](C)(OC)[C@H](OC(=O)NCCNC(=O)O[C@H]3[C@H](C)[C@H](O)[C@H](C)[C@@H](O)[C@@H](C)/C=C/C=C(/C)C(=O)NC4=C(N5CCOCC5)C(=O)c5c(c(O)c(C)c6c5C(=O)[C@@](C)(O/C=C/[C@H](OC)[C@H]3C)O6)C4=O)[C@@H](C)O2)[C@@H](C)[C@H](O[C@H]2O[C@@H](C)CC(N(C)C)[C@@H]2O)C(C)(OC)C[C@H](C)C(=O)[C@@H](C)[C@H](O)[C@@]1(C)O. The van der Waals surface area contributed by atoms with Crippen LogP contribution in [0.5, 0.6) is 11.5 Å². The Balaban J connectivity index is 0.999. The number of alkyl carbamates (subject to hydrolysis) is 2. The maximum atomic E-state index is 15.0. The Labute approximate surface area is 662 Å². The predicted molar refractivity (Wildman–Crippen MR) is 407 cm³/mol. The van der Waals surface area contributed by atoms with Gasteiger partial charge in [-0.2, -0.15) is 0 Å². The number of methoxy groups -OCH3 is 3. The number of esters is 1. The lowest BCUT2D eigenvalue weighted by molar-refractivity contribution is -0.319. The molecule has 0 spiro atoms. The van der Waals surface area contributed by atoms with Gasteiger partial charge in [0.05, 0.1) is 96.5 Å². The lowest BCUT2D eigenvalue weighted by Gasteiger charge is -2.50. The molecule has 4 saturated heterocycles. The van der Waals surface area contributed by atoms with Crippen molar-refractivity contribution in [1.29, 1.82) is 0 Å². The number of carbonyl (C=O) groups excluding carboxylic acids is 8. The molecule has 113 heavy (non-hydrogen) atoms. The van der Waals surface area contributed by atoms with Crippen LogP contribution in [-0.2, 0) is 71.2 Å². The van der Waals surface area contributed by atoms with E-state index < -0.39 is 225 Å². The van der Waals surface area contributed by atoms with Gasteiger partial charge < -0.3 is 118 Å². The van der Waals surface area contributed by atoms with Crippen molar-refractivity contribution in [1.82, 2.24) is 25.8 Å². The summed E-state index contributed by atoms with van der Waals surface area (Å²) in [7, 11) is 7.90. The number of fused-ring (bicyclic) bond motifs is 14. The zero-order valence-corrected chi connectivity index (χ0v) is 69.4. The number of aliphatic hydroxyl groups excluding tert-OH is 4. The summed E-state index contributed by atoms with van der Waals surface area (Å²) in [6.45, 7) is 27.3. The molecular formula is C81H123N5O27. The van der Waals surface area contributed by atoms with Gasteiger partial charge in [-0.1, -0.05) is 73.6 Å². The number of ether oxygens (including phenoxy) is 13. The zero-order valence-electron chi connectivity index (χ0n) is 69.4. The minimum absolute atomic E-state index is 0.00769. The largest absolute Gasteiger partial charge is 0.507 e. The van der Waals surface area contributed by atoms with Crippen molar-refractivity contribution >= 4 is 47.2 Å². The van der Waals surface area contributed by atoms with Gasteiger partial charge in [0, 0.05) is 119 Å². The molecule has 32 heteroatoms. The van der Waals surface area contributed by atoms with Crippen LogP contribution in [0, 0.1) is 54.3 Å². The quantitative estimate of drug-likeness (QED) is 0.0582. The van der Waals surface area contributed by atoms with E-state index in [4.69, 9.17) is 61.6 Å². The molecule has 8 aliphatic rings. The Morgan fingerprint density at radius 1 is 0.717 bits per heavy atom. The van der Waals surface area contributed by atoms with E-state index in [-0.39, 0.29) is 92.9 Å². The number of Topliss-reactive ketones (excluding diaryl/α,β-unsaturated/α-hetero) is 4. The highest BCUT2D eigenvalue weighted by molar-refractivity contribution is 6.32. The van der Waals surface area contributed by atoms with Crippen LogP contribution in [0.1, 0.15) is 173 Å². The summed E-state index contributed by atoms with van der Waals surface area (Å²) in [5, 5.41) is 79.3. The second kappa shape index (κ2) is 37.5. The fraction of sp³-hybridized carbons (Fsp3) is 0.728. The highest BCUT2D eigenvalue weighted by atomic mass is 16.7. The molecule has 27 atom stereocenters. The van der Waals surface area contributed by atoms with Crippen molar-refractivity contribution in [2.45, 2.75) is 258 Å².